The van der Waals surface area contributed by atoms with Crippen molar-refractivity contribution in [1.29, 1.82) is 0 Å². The molecule has 0 bridgehead atoms. The van der Waals surface area contributed by atoms with Gasteiger partial charge in [-0.2, -0.15) is 0 Å². The fraction of sp³-hybridized carbons (Fsp3) is 0.391. The normalized spacial score (nSPS) is 12.3. The Hall–Kier alpha value is -2.86. The Labute approximate surface area is 173 Å². The number of benzene rings is 2. The van der Waals surface area contributed by atoms with Crippen molar-refractivity contribution in [3.63, 3.8) is 0 Å². The van der Waals surface area contributed by atoms with E-state index in [1.165, 1.54) is 5.56 Å². The van der Waals surface area contributed by atoms with Crippen LogP contribution in [-0.4, -0.2) is 49.2 Å². The van der Waals surface area contributed by atoms with Gasteiger partial charge < -0.3 is 15.0 Å². The number of carbonyl (C=O) groups is 2. The van der Waals surface area contributed by atoms with Crippen LogP contribution < -0.4 is 10.6 Å². The highest BCUT2D eigenvalue weighted by atomic mass is 16.6. The molecule has 2 aromatic carbocycles. The molecular weight excluding hydrogens is 366 g/mol. The van der Waals surface area contributed by atoms with Gasteiger partial charge in [0.15, 0.2) is 0 Å². The van der Waals surface area contributed by atoms with Gasteiger partial charge in [-0.05, 0) is 65.0 Å². The van der Waals surface area contributed by atoms with Crippen LogP contribution in [0.4, 0.5) is 10.5 Å². The Morgan fingerprint density at radius 3 is 2.34 bits per heavy atom. The van der Waals surface area contributed by atoms with Crippen LogP contribution in [0.5, 0.6) is 0 Å². The number of rotatable bonds is 7. The van der Waals surface area contributed by atoms with E-state index in [0.29, 0.717) is 17.8 Å². The minimum atomic E-state index is -0.584. The van der Waals surface area contributed by atoms with Gasteiger partial charge in [0, 0.05) is 23.8 Å². The molecule has 0 aromatic heterocycles. The highest BCUT2D eigenvalue weighted by molar-refractivity contribution is 5.96. The third kappa shape index (κ3) is 7.95. The van der Waals surface area contributed by atoms with Crippen molar-refractivity contribution in [2.75, 3.05) is 26.0 Å². The molecule has 0 radical (unpaired) electrons. The van der Waals surface area contributed by atoms with Crippen LogP contribution >= 0.6 is 0 Å². The molecule has 0 aliphatic heterocycles. The summed E-state index contributed by atoms with van der Waals surface area (Å²) in [5.41, 5.74) is 1.64. The summed E-state index contributed by atoms with van der Waals surface area (Å²) in [6.07, 6.45) is 0.291. The molecule has 0 spiro atoms. The summed E-state index contributed by atoms with van der Waals surface area (Å²) in [5, 5.41) is 5.65. The standard InChI is InChI=1S/C23H31N3O3/c1-23(2,3)29-22(28)25-19-13-9-12-18(15-19)21(27)24-16-20(26(4)5)14-17-10-7-6-8-11-17/h6-13,15,20H,14,16H2,1-5H3,(H,24,27)(H,25,28). The van der Waals surface area contributed by atoms with E-state index in [4.69, 9.17) is 4.74 Å². The molecule has 1 atom stereocenters. The molecule has 2 aromatic rings. The average molecular weight is 398 g/mol. The zero-order chi connectivity index (χ0) is 21.4. The van der Waals surface area contributed by atoms with Gasteiger partial charge in [0.05, 0.1) is 0 Å². The average Bonchev–Trinajstić information content (AvgIpc) is 2.64. The molecule has 0 fully saturated rings. The Kier molecular flexibility index (Phi) is 7.79. The van der Waals surface area contributed by atoms with Gasteiger partial charge in [-0.15, -0.1) is 0 Å². The van der Waals surface area contributed by atoms with E-state index in [0.717, 1.165) is 6.42 Å². The van der Waals surface area contributed by atoms with Gasteiger partial charge >= 0.3 is 6.09 Å². The lowest BCUT2D eigenvalue weighted by Crippen LogP contribution is -2.41. The smallest absolute Gasteiger partial charge is 0.412 e. The van der Waals surface area contributed by atoms with Crippen molar-refractivity contribution < 1.29 is 14.3 Å². The van der Waals surface area contributed by atoms with E-state index in [1.807, 2.05) is 32.3 Å². The fourth-order valence-electron chi connectivity index (χ4n) is 2.80. The maximum absolute atomic E-state index is 12.6. The summed E-state index contributed by atoms with van der Waals surface area (Å²) in [5.74, 6) is -0.183. The van der Waals surface area contributed by atoms with Crippen LogP contribution in [0.3, 0.4) is 0 Å². The summed E-state index contributed by atoms with van der Waals surface area (Å²) in [7, 11) is 4.01. The van der Waals surface area contributed by atoms with Crippen LogP contribution in [0.15, 0.2) is 54.6 Å². The molecular formula is C23H31N3O3. The van der Waals surface area contributed by atoms with Crippen LogP contribution in [-0.2, 0) is 11.2 Å². The number of hydrogen-bond donors (Lipinski definition) is 2. The number of hydrogen-bond acceptors (Lipinski definition) is 4. The molecule has 0 aliphatic carbocycles. The minimum absolute atomic E-state index is 0.171. The SMILES string of the molecule is CN(C)C(CNC(=O)c1cccc(NC(=O)OC(C)(C)C)c1)Cc1ccccc1. The number of nitrogens with zero attached hydrogens (tertiary/aromatic N) is 1. The Morgan fingerprint density at radius 2 is 1.72 bits per heavy atom. The van der Waals surface area contributed by atoms with Gasteiger partial charge in [0.2, 0.25) is 0 Å². The third-order valence-corrected chi connectivity index (χ3v) is 4.31. The topological polar surface area (TPSA) is 70.7 Å². The Bertz CT molecular complexity index is 814. The number of anilines is 1. The van der Waals surface area contributed by atoms with Gasteiger partial charge in [0.1, 0.15) is 5.60 Å². The van der Waals surface area contributed by atoms with Crippen LogP contribution in [0.2, 0.25) is 0 Å². The van der Waals surface area contributed by atoms with E-state index in [2.05, 4.69) is 27.7 Å². The van der Waals surface area contributed by atoms with Gasteiger partial charge in [-0.3, -0.25) is 10.1 Å². The first-order valence-electron chi connectivity index (χ1n) is 9.72. The monoisotopic (exact) mass is 397 g/mol. The second-order valence-corrected chi connectivity index (χ2v) is 8.22. The number of carbonyl (C=O) groups excluding carboxylic acids is 2. The number of likely N-dealkylation sites (N-methyl/N-ethyl adjacent to an activating group) is 1. The largest absolute Gasteiger partial charge is 0.444 e. The predicted octanol–water partition coefficient (Wildman–Crippen LogP) is 3.94. The van der Waals surface area contributed by atoms with Crippen molar-refractivity contribution >= 4 is 17.7 Å². The van der Waals surface area contributed by atoms with Gasteiger partial charge in [-0.25, -0.2) is 4.79 Å². The third-order valence-electron chi connectivity index (χ3n) is 4.31. The van der Waals surface area contributed by atoms with E-state index < -0.39 is 11.7 Å². The van der Waals surface area contributed by atoms with Crippen molar-refractivity contribution in [2.45, 2.75) is 38.8 Å². The predicted molar refractivity (Wildman–Crippen MR) is 116 cm³/mol. The van der Waals surface area contributed by atoms with Gasteiger partial charge in [0.25, 0.3) is 5.91 Å². The van der Waals surface area contributed by atoms with Gasteiger partial charge in [-0.1, -0.05) is 36.4 Å². The van der Waals surface area contributed by atoms with E-state index >= 15 is 0 Å². The second-order valence-electron chi connectivity index (χ2n) is 8.22. The molecule has 0 heterocycles. The van der Waals surface area contributed by atoms with Crippen molar-refractivity contribution in [2.24, 2.45) is 0 Å². The van der Waals surface area contributed by atoms with Crippen LogP contribution in [0, 0.1) is 0 Å². The molecule has 0 saturated heterocycles. The highest BCUT2D eigenvalue weighted by Crippen LogP contribution is 2.14. The first-order chi connectivity index (χ1) is 13.6. The summed E-state index contributed by atoms with van der Waals surface area (Å²) in [4.78, 5) is 26.7. The molecule has 0 aliphatic rings. The highest BCUT2D eigenvalue weighted by Gasteiger charge is 2.17. The number of nitrogens with one attached hydrogen (secondary N) is 2. The van der Waals surface area contributed by atoms with E-state index in [1.54, 1.807) is 45.0 Å². The zero-order valence-corrected chi connectivity index (χ0v) is 17.9. The van der Waals surface area contributed by atoms with Crippen LogP contribution in [0.25, 0.3) is 0 Å². The molecule has 2 rings (SSSR count). The number of amides is 2. The van der Waals surface area contributed by atoms with E-state index in [-0.39, 0.29) is 11.9 Å². The zero-order valence-electron chi connectivity index (χ0n) is 17.9. The fourth-order valence-corrected chi connectivity index (χ4v) is 2.80. The molecule has 29 heavy (non-hydrogen) atoms. The summed E-state index contributed by atoms with van der Waals surface area (Å²) >= 11 is 0. The molecule has 156 valence electrons. The first-order valence-corrected chi connectivity index (χ1v) is 9.72. The Balaban J connectivity index is 1.96. The van der Waals surface area contributed by atoms with Crippen molar-refractivity contribution in [3.8, 4) is 0 Å². The van der Waals surface area contributed by atoms with Crippen molar-refractivity contribution in [3.05, 3.63) is 65.7 Å². The van der Waals surface area contributed by atoms with E-state index in [9.17, 15) is 9.59 Å². The number of ether oxygens (including phenoxy) is 1. The second kappa shape index (κ2) is 10.1. The maximum atomic E-state index is 12.6. The molecule has 1 unspecified atom stereocenters. The maximum Gasteiger partial charge on any atom is 0.412 e. The molecule has 2 amide bonds. The molecule has 6 heteroatoms. The van der Waals surface area contributed by atoms with Crippen LogP contribution in [0.1, 0.15) is 36.7 Å². The lowest BCUT2D eigenvalue weighted by molar-refractivity contribution is 0.0635. The molecule has 0 saturated carbocycles. The Morgan fingerprint density at radius 1 is 1.03 bits per heavy atom. The first kappa shape index (κ1) is 22.4. The quantitative estimate of drug-likeness (QED) is 0.742. The summed E-state index contributed by atoms with van der Waals surface area (Å²) in [6.45, 7) is 5.91. The summed E-state index contributed by atoms with van der Waals surface area (Å²) in [6, 6.07) is 17.2. The lowest BCUT2D eigenvalue weighted by atomic mass is 10.0. The minimum Gasteiger partial charge on any atom is -0.444 e. The van der Waals surface area contributed by atoms with Crippen molar-refractivity contribution in [1.82, 2.24) is 10.2 Å². The lowest BCUT2D eigenvalue weighted by Gasteiger charge is -2.25. The summed E-state index contributed by atoms with van der Waals surface area (Å²) < 4.78 is 5.25. The molecule has 2 N–H and O–H groups in total. The molecule has 6 nitrogen and oxygen atoms in total.